The molecule has 0 bridgehead atoms. The molecule has 0 unspecified atom stereocenters. The van der Waals surface area contributed by atoms with Gasteiger partial charge >= 0.3 is 0 Å². The third-order valence-corrected chi connectivity index (χ3v) is 7.02. The fourth-order valence-electron chi connectivity index (χ4n) is 4.91. The summed E-state index contributed by atoms with van der Waals surface area (Å²) in [4.78, 5) is 0. The lowest BCUT2D eigenvalue weighted by Gasteiger charge is -2.30. The molecule has 1 fully saturated rings. The van der Waals surface area contributed by atoms with Gasteiger partial charge in [-0.15, -0.1) is 0 Å². The lowest BCUT2D eigenvalue weighted by molar-refractivity contribution is 0.118. The summed E-state index contributed by atoms with van der Waals surface area (Å²) in [5, 5.41) is 10.2. The zero-order valence-corrected chi connectivity index (χ0v) is 19.9. The Labute approximate surface area is 190 Å². The monoisotopic (exact) mass is 422 g/mol. The summed E-state index contributed by atoms with van der Waals surface area (Å²) in [5.41, 5.74) is 3.97. The summed E-state index contributed by atoms with van der Waals surface area (Å²) in [7, 11) is 0. The molecule has 0 amide bonds. The van der Waals surface area contributed by atoms with Gasteiger partial charge in [-0.1, -0.05) is 102 Å². The molecule has 0 spiro atoms. The first-order chi connectivity index (χ1) is 15.0. The minimum absolute atomic E-state index is 0.141. The molecule has 2 aromatic carbocycles. The first-order valence-electron chi connectivity index (χ1n) is 12.5. The van der Waals surface area contributed by atoms with Crippen LogP contribution < -0.4 is 4.74 Å². The third-order valence-electron chi connectivity index (χ3n) is 7.02. The maximum absolute atomic E-state index is 10.2. The van der Waals surface area contributed by atoms with Crippen molar-refractivity contribution in [1.82, 2.24) is 0 Å². The number of benzene rings is 2. The molecule has 1 aliphatic carbocycles. The van der Waals surface area contributed by atoms with Crippen LogP contribution in [-0.4, -0.2) is 11.2 Å². The van der Waals surface area contributed by atoms with Crippen molar-refractivity contribution in [2.45, 2.75) is 109 Å². The van der Waals surface area contributed by atoms with Crippen LogP contribution in [0.25, 0.3) is 0 Å². The second-order valence-electron chi connectivity index (χ2n) is 10.1. The molecule has 31 heavy (non-hydrogen) atoms. The zero-order valence-electron chi connectivity index (χ0n) is 19.9. The molecule has 1 N–H and O–H groups in total. The van der Waals surface area contributed by atoms with Crippen molar-refractivity contribution in [3.05, 3.63) is 65.2 Å². The van der Waals surface area contributed by atoms with E-state index in [4.69, 9.17) is 4.74 Å². The van der Waals surface area contributed by atoms with E-state index in [-0.39, 0.29) is 11.5 Å². The minimum atomic E-state index is -0.181. The molecule has 170 valence electrons. The molecule has 0 saturated heterocycles. The summed E-state index contributed by atoms with van der Waals surface area (Å²) in [5.74, 6) is 1.40. The quantitative estimate of drug-likeness (QED) is 0.373. The van der Waals surface area contributed by atoms with Gasteiger partial charge in [-0.2, -0.15) is 0 Å². The predicted octanol–water partition coefficient (Wildman–Crippen LogP) is 7.92. The van der Waals surface area contributed by atoms with Crippen molar-refractivity contribution in [2.75, 3.05) is 0 Å². The first-order valence-corrected chi connectivity index (χ1v) is 12.5. The Balaban J connectivity index is 1.77. The smallest absolute Gasteiger partial charge is 0.123 e. The van der Waals surface area contributed by atoms with E-state index in [0.29, 0.717) is 12.5 Å². The highest BCUT2D eigenvalue weighted by Gasteiger charge is 2.27. The van der Waals surface area contributed by atoms with Gasteiger partial charge in [-0.25, -0.2) is 0 Å². The fraction of sp³-hybridized carbons (Fsp3) is 0.586. The Morgan fingerprint density at radius 3 is 2.48 bits per heavy atom. The average Bonchev–Trinajstić information content (AvgIpc) is 2.78. The predicted molar refractivity (Wildman–Crippen MR) is 131 cm³/mol. The first kappa shape index (κ1) is 23.9. The molecule has 2 aromatic rings. The van der Waals surface area contributed by atoms with Crippen molar-refractivity contribution in [3.63, 3.8) is 0 Å². The number of unbranched alkanes of at least 4 members (excludes halogenated alkanes) is 4. The highest BCUT2D eigenvalue weighted by Crippen LogP contribution is 2.41. The highest BCUT2D eigenvalue weighted by atomic mass is 16.5. The lowest BCUT2D eigenvalue weighted by atomic mass is 9.77. The van der Waals surface area contributed by atoms with Crippen molar-refractivity contribution in [2.24, 2.45) is 0 Å². The Bertz CT molecular complexity index is 781. The molecule has 0 radical (unpaired) electrons. The van der Waals surface area contributed by atoms with Gasteiger partial charge in [0, 0.05) is 0 Å². The molecule has 3 rings (SSSR count). The second kappa shape index (κ2) is 11.7. The van der Waals surface area contributed by atoms with Crippen LogP contribution in [0.5, 0.6) is 5.75 Å². The average molecular weight is 423 g/mol. The molecule has 2 heteroatoms. The van der Waals surface area contributed by atoms with Gasteiger partial charge < -0.3 is 9.84 Å². The maximum Gasteiger partial charge on any atom is 0.123 e. The van der Waals surface area contributed by atoms with Crippen LogP contribution in [0.4, 0.5) is 0 Å². The summed E-state index contributed by atoms with van der Waals surface area (Å²) in [6.07, 6.45) is 11.6. The van der Waals surface area contributed by atoms with Crippen molar-refractivity contribution in [1.29, 1.82) is 0 Å². The number of hydrogen-bond donors (Lipinski definition) is 1. The molecule has 0 aromatic heterocycles. The Hall–Kier alpha value is -1.80. The van der Waals surface area contributed by atoms with E-state index in [1.165, 1.54) is 55.2 Å². The van der Waals surface area contributed by atoms with Gasteiger partial charge in [0.25, 0.3) is 0 Å². The summed E-state index contributed by atoms with van der Waals surface area (Å²) >= 11 is 0. The van der Waals surface area contributed by atoms with Crippen LogP contribution in [0.15, 0.2) is 48.5 Å². The number of rotatable bonds is 11. The van der Waals surface area contributed by atoms with E-state index in [0.717, 1.165) is 31.4 Å². The van der Waals surface area contributed by atoms with E-state index in [9.17, 15) is 5.11 Å². The molecule has 2 nitrogen and oxygen atoms in total. The molecular formula is C29H42O2. The van der Waals surface area contributed by atoms with E-state index >= 15 is 0 Å². The maximum atomic E-state index is 10.2. The fourth-order valence-corrected chi connectivity index (χ4v) is 4.91. The summed E-state index contributed by atoms with van der Waals surface area (Å²) in [6, 6.07) is 17.3. The van der Waals surface area contributed by atoms with E-state index < -0.39 is 0 Å². The number of aliphatic hydroxyl groups excluding tert-OH is 1. The van der Waals surface area contributed by atoms with Crippen LogP contribution in [0, 0.1) is 0 Å². The van der Waals surface area contributed by atoms with Gasteiger partial charge in [0.15, 0.2) is 0 Å². The van der Waals surface area contributed by atoms with Gasteiger partial charge in [-0.05, 0) is 59.8 Å². The second-order valence-corrected chi connectivity index (χ2v) is 10.1. The Kier molecular flexibility index (Phi) is 9.02. The van der Waals surface area contributed by atoms with Crippen LogP contribution in [0.2, 0.25) is 0 Å². The third kappa shape index (κ3) is 7.10. The van der Waals surface area contributed by atoms with E-state index in [1.54, 1.807) is 0 Å². The van der Waals surface area contributed by atoms with Crippen LogP contribution >= 0.6 is 0 Å². The van der Waals surface area contributed by atoms with Crippen molar-refractivity contribution < 1.29 is 9.84 Å². The van der Waals surface area contributed by atoms with Crippen LogP contribution in [0.3, 0.4) is 0 Å². The van der Waals surface area contributed by atoms with E-state index in [2.05, 4.69) is 63.2 Å². The van der Waals surface area contributed by atoms with Gasteiger partial charge in [0.05, 0.1) is 6.10 Å². The lowest BCUT2D eigenvalue weighted by Crippen LogP contribution is -2.20. The highest BCUT2D eigenvalue weighted by molar-refractivity contribution is 5.43. The molecular weight excluding hydrogens is 380 g/mol. The Morgan fingerprint density at radius 2 is 1.74 bits per heavy atom. The normalized spacial score (nSPS) is 19.4. The molecule has 0 heterocycles. The van der Waals surface area contributed by atoms with Gasteiger partial charge in [-0.3, -0.25) is 0 Å². The topological polar surface area (TPSA) is 29.5 Å². The molecule has 2 atom stereocenters. The number of ether oxygens (including phenoxy) is 1. The minimum Gasteiger partial charge on any atom is -0.489 e. The van der Waals surface area contributed by atoms with Crippen LogP contribution in [0.1, 0.15) is 108 Å². The van der Waals surface area contributed by atoms with Crippen molar-refractivity contribution >= 4 is 0 Å². The SMILES string of the molecule is CCCCCCCC(C)(C)c1ccc([C@H]2CCC[C@@H](O)C2)c(OCc2ccccc2)c1. The largest absolute Gasteiger partial charge is 0.489 e. The van der Waals surface area contributed by atoms with Crippen molar-refractivity contribution in [3.8, 4) is 5.75 Å². The standard InChI is InChI=1S/C29H42O2/c1-4-5-6-7-11-19-29(2,3)25-17-18-27(24-15-12-16-26(30)20-24)28(21-25)31-22-23-13-9-8-10-14-23/h8-10,13-14,17-18,21,24,26,30H,4-7,11-12,15-16,19-20,22H2,1-3H3/t24-,26+/m0/s1. The van der Waals surface area contributed by atoms with Gasteiger partial charge in [0.1, 0.15) is 12.4 Å². The summed E-state index contributed by atoms with van der Waals surface area (Å²) in [6.45, 7) is 7.60. The molecule has 1 saturated carbocycles. The summed E-state index contributed by atoms with van der Waals surface area (Å²) < 4.78 is 6.42. The van der Waals surface area contributed by atoms with Gasteiger partial charge in [0.2, 0.25) is 0 Å². The van der Waals surface area contributed by atoms with Crippen LogP contribution in [-0.2, 0) is 12.0 Å². The van der Waals surface area contributed by atoms with E-state index in [1.807, 2.05) is 6.07 Å². The Morgan fingerprint density at radius 1 is 0.968 bits per heavy atom. The molecule has 1 aliphatic rings. The number of hydrogen-bond acceptors (Lipinski definition) is 2. The number of aliphatic hydroxyl groups is 1. The molecule has 0 aliphatic heterocycles. The zero-order chi connectivity index (χ0) is 22.1.